The van der Waals surface area contributed by atoms with Crippen LogP contribution in [0, 0.1) is 11.2 Å². The zero-order chi connectivity index (χ0) is 26.1. The summed E-state index contributed by atoms with van der Waals surface area (Å²) in [5.74, 6) is -2.12. The van der Waals surface area contributed by atoms with Crippen molar-refractivity contribution in [3.8, 4) is 17.2 Å². The Labute approximate surface area is 219 Å². The van der Waals surface area contributed by atoms with Gasteiger partial charge in [-0.2, -0.15) is 0 Å². The number of carbonyl (C=O) groups excluding carboxylic acids is 1. The van der Waals surface area contributed by atoms with E-state index in [-0.39, 0.29) is 77.6 Å². The van der Waals surface area contributed by atoms with Gasteiger partial charge in [-0.25, -0.2) is 4.39 Å². The second-order valence-electron chi connectivity index (χ2n) is 9.37. The summed E-state index contributed by atoms with van der Waals surface area (Å²) < 4.78 is 25.3. The summed E-state index contributed by atoms with van der Waals surface area (Å²) in [6, 6.07) is 4.72. The average Bonchev–Trinajstić information content (AvgIpc) is 3.08. The summed E-state index contributed by atoms with van der Waals surface area (Å²) in [5, 5.41) is 30.8. The number of carboxylic acids is 1. The number of amidine groups is 1. The largest absolute Gasteiger partial charge is 0.507 e. The number of hydrogen-bond donors (Lipinski definition) is 4. The van der Waals surface area contributed by atoms with E-state index in [0.29, 0.717) is 22.3 Å². The summed E-state index contributed by atoms with van der Waals surface area (Å²) in [4.78, 5) is 25.6. The van der Waals surface area contributed by atoms with Crippen LogP contribution in [0.1, 0.15) is 53.4 Å². The van der Waals surface area contributed by atoms with E-state index in [1.165, 1.54) is 25.2 Å². The highest BCUT2D eigenvalue weighted by Gasteiger charge is 2.33. The van der Waals surface area contributed by atoms with E-state index in [1.807, 2.05) is 20.8 Å². The van der Waals surface area contributed by atoms with Crippen molar-refractivity contribution in [3.05, 3.63) is 51.8 Å². The molecule has 1 heterocycles. The molecule has 0 amide bonds. The van der Waals surface area contributed by atoms with Gasteiger partial charge in [-0.05, 0) is 29.2 Å². The number of methoxy groups -OCH3 is 2. The van der Waals surface area contributed by atoms with E-state index in [2.05, 4.69) is 5.32 Å². The molecule has 4 N–H and O–H groups in total. The maximum atomic E-state index is 15.0. The Morgan fingerprint density at radius 1 is 1.19 bits per heavy atom. The number of aromatic hydroxyl groups is 1. The molecule has 0 saturated heterocycles. The molecule has 0 saturated carbocycles. The Morgan fingerprint density at radius 3 is 2.42 bits per heavy atom. The van der Waals surface area contributed by atoms with Crippen LogP contribution in [0.5, 0.6) is 17.2 Å². The molecule has 9 nitrogen and oxygen atoms in total. The first-order valence-electron chi connectivity index (χ1n) is 11.0. The number of ether oxygens (including phenoxy) is 2. The molecule has 11 heteroatoms. The van der Waals surface area contributed by atoms with Gasteiger partial charge >= 0.3 is 5.97 Å². The lowest BCUT2D eigenvalue weighted by atomic mass is 9.83. The minimum Gasteiger partial charge on any atom is -0.507 e. The summed E-state index contributed by atoms with van der Waals surface area (Å²) >= 11 is 0. The van der Waals surface area contributed by atoms with Crippen molar-refractivity contribution in [2.24, 2.45) is 0 Å². The molecule has 0 bridgehead atoms. The van der Waals surface area contributed by atoms with Crippen molar-refractivity contribution in [2.45, 2.75) is 39.3 Å². The Kier molecular flexibility index (Phi) is 9.08. The lowest BCUT2D eigenvalue weighted by Crippen LogP contribution is -2.31. The zero-order valence-corrected chi connectivity index (χ0v) is 22.5. The molecule has 36 heavy (non-hydrogen) atoms. The van der Waals surface area contributed by atoms with Gasteiger partial charge in [-0.3, -0.25) is 15.0 Å². The molecule has 2 aromatic rings. The number of nitrogens with zero attached hydrogens (tertiary/aromatic N) is 1. The number of Topliss-reactive ketones (excluding diaryl/α,β-unsaturated/α-hetero) is 1. The fraction of sp³-hybridized carbons (Fsp3) is 0.400. The SMILES string of the molecule is Br.COc1cc2c(c(F)c1OC)C(=N)N(CC(=O)c1cc(CNCC(=O)O)c(O)c(C(C)(C)C)c1)C2. The molecule has 1 aliphatic rings. The van der Waals surface area contributed by atoms with E-state index in [0.717, 1.165) is 0 Å². The van der Waals surface area contributed by atoms with Gasteiger partial charge in [0.25, 0.3) is 0 Å². The van der Waals surface area contributed by atoms with Crippen LogP contribution in [0.3, 0.4) is 0 Å². The minimum atomic E-state index is -1.04. The average molecular weight is 568 g/mol. The van der Waals surface area contributed by atoms with Gasteiger partial charge in [0, 0.05) is 29.8 Å². The maximum Gasteiger partial charge on any atom is 0.317 e. The molecule has 3 rings (SSSR count). The molecule has 0 fully saturated rings. The molecule has 0 aromatic heterocycles. The molecule has 0 radical (unpaired) electrons. The van der Waals surface area contributed by atoms with E-state index in [4.69, 9.17) is 20.0 Å². The van der Waals surface area contributed by atoms with Crippen LogP contribution in [0.15, 0.2) is 18.2 Å². The maximum absolute atomic E-state index is 15.0. The number of rotatable bonds is 9. The minimum absolute atomic E-state index is 0. The first-order chi connectivity index (χ1) is 16.4. The van der Waals surface area contributed by atoms with Crippen LogP contribution >= 0.6 is 17.0 Å². The first kappa shape index (κ1) is 29.1. The summed E-state index contributed by atoms with van der Waals surface area (Å²) in [6.07, 6.45) is 0. The summed E-state index contributed by atoms with van der Waals surface area (Å²) in [7, 11) is 2.71. The third-order valence-electron chi connectivity index (χ3n) is 5.85. The predicted molar refractivity (Wildman–Crippen MR) is 138 cm³/mol. The molecule has 1 aliphatic heterocycles. The Bertz CT molecular complexity index is 1200. The number of phenols is 1. The standard InChI is InChI=1S/C25H30FN3O6.BrH/c1-25(2,3)16-7-13(6-14(22(16)33)9-28-10-19(31)32)17(30)12-29-11-15-8-18(34-4)23(35-5)21(26)20(15)24(29)27;/h6-8,27-28,33H,9-12H2,1-5H3,(H,31,32);1H. The van der Waals surface area contributed by atoms with E-state index in [1.54, 1.807) is 12.1 Å². The van der Waals surface area contributed by atoms with E-state index < -0.39 is 17.2 Å². The normalized spacial score (nSPS) is 12.7. The monoisotopic (exact) mass is 567 g/mol. The Balaban J connectivity index is 0.00000456. The van der Waals surface area contributed by atoms with Gasteiger partial charge < -0.3 is 29.9 Å². The van der Waals surface area contributed by atoms with Crippen molar-refractivity contribution in [1.82, 2.24) is 10.2 Å². The van der Waals surface area contributed by atoms with Crippen LogP contribution < -0.4 is 14.8 Å². The second-order valence-corrected chi connectivity index (χ2v) is 9.37. The van der Waals surface area contributed by atoms with Gasteiger partial charge in [0.1, 0.15) is 11.6 Å². The molecular weight excluding hydrogens is 537 g/mol. The number of aliphatic carboxylic acids is 1. The van der Waals surface area contributed by atoms with Gasteiger partial charge in [0.05, 0.1) is 32.9 Å². The number of nitrogens with one attached hydrogen (secondary N) is 2. The molecule has 2 aromatic carbocycles. The highest BCUT2D eigenvalue weighted by molar-refractivity contribution is 8.93. The fourth-order valence-corrected chi connectivity index (χ4v) is 4.09. The zero-order valence-electron chi connectivity index (χ0n) is 20.8. The van der Waals surface area contributed by atoms with E-state index >= 15 is 4.39 Å². The smallest absolute Gasteiger partial charge is 0.317 e. The number of hydrogen-bond acceptors (Lipinski definition) is 7. The Morgan fingerprint density at radius 2 is 1.86 bits per heavy atom. The van der Waals surface area contributed by atoms with Crippen LogP contribution in [0.4, 0.5) is 4.39 Å². The van der Waals surface area contributed by atoms with Crippen LogP contribution in [-0.4, -0.2) is 60.0 Å². The number of carboxylic acid groups (broad SMARTS) is 1. The lowest BCUT2D eigenvalue weighted by Gasteiger charge is -2.24. The van der Waals surface area contributed by atoms with Crippen molar-refractivity contribution in [2.75, 3.05) is 27.3 Å². The fourth-order valence-electron chi connectivity index (χ4n) is 4.09. The highest BCUT2D eigenvalue weighted by Crippen LogP contribution is 2.39. The predicted octanol–water partition coefficient (Wildman–Crippen LogP) is 3.62. The van der Waals surface area contributed by atoms with Gasteiger partial charge in [-0.15, -0.1) is 17.0 Å². The van der Waals surface area contributed by atoms with Crippen molar-refractivity contribution in [3.63, 3.8) is 0 Å². The van der Waals surface area contributed by atoms with Crippen molar-refractivity contribution < 1.29 is 33.7 Å². The van der Waals surface area contributed by atoms with Gasteiger partial charge in [0.2, 0.25) is 0 Å². The number of fused-ring (bicyclic) bond motifs is 1. The number of ketones is 1. The second kappa shape index (κ2) is 11.3. The third-order valence-corrected chi connectivity index (χ3v) is 5.85. The number of halogens is 2. The molecule has 196 valence electrons. The van der Waals surface area contributed by atoms with Crippen molar-refractivity contribution in [1.29, 1.82) is 5.41 Å². The van der Waals surface area contributed by atoms with Crippen molar-refractivity contribution >= 4 is 34.6 Å². The molecular formula is C25H31BrFN3O6. The van der Waals surface area contributed by atoms with Crippen LogP contribution in [0.25, 0.3) is 0 Å². The first-order valence-corrected chi connectivity index (χ1v) is 11.0. The number of phenolic OH excluding ortho intramolecular Hbond substituents is 1. The van der Waals surface area contributed by atoms with E-state index in [9.17, 15) is 14.7 Å². The molecule has 0 spiro atoms. The summed E-state index contributed by atoms with van der Waals surface area (Å²) in [6.45, 7) is 5.38. The van der Waals surface area contributed by atoms with Crippen LogP contribution in [0.2, 0.25) is 0 Å². The Hall–Kier alpha value is -3.18. The molecule has 0 aliphatic carbocycles. The molecule has 0 unspecified atom stereocenters. The number of benzene rings is 2. The topological polar surface area (TPSA) is 132 Å². The summed E-state index contributed by atoms with van der Waals surface area (Å²) in [5.41, 5.74) is 1.32. The molecule has 0 atom stereocenters. The lowest BCUT2D eigenvalue weighted by molar-refractivity contribution is -0.136. The quantitative estimate of drug-likeness (QED) is 0.338. The van der Waals surface area contributed by atoms with Gasteiger partial charge in [-0.1, -0.05) is 20.8 Å². The number of carbonyl (C=O) groups is 2. The highest BCUT2D eigenvalue weighted by atomic mass is 79.9. The third kappa shape index (κ3) is 5.79. The van der Waals surface area contributed by atoms with Gasteiger partial charge in [0.15, 0.2) is 23.1 Å². The van der Waals surface area contributed by atoms with Crippen LogP contribution in [-0.2, 0) is 23.3 Å².